The van der Waals surface area contributed by atoms with E-state index in [1.807, 2.05) is 30.3 Å². The van der Waals surface area contributed by atoms with Gasteiger partial charge in [0.2, 0.25) is 0 Å². The zero-order valence-electron chi connectivity index (χ0n) is 29.3. The standard InChI is InChI=1S/C32H55N8.C7H8N.Cu/c1-2-10-18-17(9-1)25-33-26(18)38-28-21-13-5-6-14-22(21)30(35-28)40-32-24-16-8-7-15-23(24)31(36-32)39-29-20-12-4-3-11-19(20)27(34-29)37-25;8-6-7-4-2-1-3-5-7;/h9,17-40H,1-8,10-16H2;1-5,8H,6H2;/q2*-1;+2. The maximum atomic E-state index is 6.94. The summed E-state index contributed by atoms with van der Waals surface area (Å²) < 4.78 is 0. The zero-order valence-corrected chi connectivity index (χ0v) is 30.3. The fourth-order valence-electron chi connectivity index (χ4n) is 12.3. The molecule has 4 saturated carbocycles. The van der Waals surface area contributed by atoms with Crippen molar-refractivity contribution in [3.05, 3.63) is 48.0 Å². The molecule has 0 aromatic heterocycles. The molecule has 5 heterocycles. The van der Waals surface area contributed by atoms with Gasteiger partial charge >= 0.3 is 17.1 Å². The number of hydrogen-bond donors (Lipinski definition) is 8. The number of benzene rings is 1. The van der Waals surface area contributed by atoms with Gasteiger partial charge in [-0.25, -0.2) is 0 Å². The van der Waals surface area contributed by atoms with E-state index in [4.69, 9.17) is 5.73 Å². The summed E-state index contributed by atoms with van der Waals surface area (Å²) in [6.45, 7) is 0.390. The van der Waals surface area contributed by atoms with Crippen molar-refractivity contribution in [2.24, 2.45) is 47.3 Å². The Morgan fingerprint density at radius 2 is 0.776 bits per heavy atom. The number of hydrogen-bond acceptors (Lipinski definition) is 8. The number of nitrogens with one attached hydrogen (secondary N) is 9. The minimum absolute atomic E-state index is 0. The second kappa shape index (κ2) is 15.8. The molecule has 0 spiro atoms. The van der Waals surface area contributed by atoms with E-state index in [0.29, 0.717) is 67.7 Å². The molecule has 16 unspecified atom stereocenters. The molecule has 8 bridgehead atoms. The molecule has 16 atom stereocenters. The van der Waals surface area contributed by atoms with Crippen LogP contribution in [0.25, 0.3) is 5.73 Å². The molecule has 9 aliphatic rings. The summed E-state index contributed by atoms with van der Waals surface area (Å²) in [5.74, 6) is 5.74. The van der Waals surface area contributed by atoms with Gasteiger partial charge < -0.3 is 12.2 Å². The third kappa shape index (κ3) is 7.08. The zero-order chi connectivity index (χ0) is 32.0. The molecule has 9 nitrogen and oxygen atoms in total. The molecular formula is C39H63CuN9. The van der Waals surface area contributed by atoms with Crippen LogP contribution in [0.1, 0.15) is 102 Å². The van der Waals surface area contributed by atoms with Gasteiger partial charge in [0.15, 0.2) is 0 Å². The maximum Gasteiger partial charge on any atom is 2.00 e. The first-order valence-electron chi connectivity index (χ1n) is 20.3. The summed E-state index contributed by atoms with van der Waals surface area (Å²) in [5, 5.41) is 33.7. The Morgan fingerprint density at radius 1 is 0.449 bits per heavy atom. The van der Waals surface area contributed by atoms with E-state index in [1.54, 1.807) is 0 Å². The van der Waals surface area contributed by atoms with Gasteiger partial charge in [-0.15, -0.1) is 12.5 Å². The Morgan fingerprint density at radius 3 is 1.12 bits per heavy atom. The van der Waals surface area contributed by atoms with Crippen LogP contribution in [0.5, 0.6) is 0 Å². The summed E-state index contributed by atoms with van der Waals surface area (Å²) in [5.41, 5.74) is 8.02. The molecule has 5 saturated heterocycles. The van der Waals surface area contributed by atoms with Crippen molar-refractivity contribution in [2.75, 3.05) is 0 Å². The Labute approximate surface area is 306 Å². The van der Waals surface area contributed by atoms with Crippen molar-refractivity contribution < 1.29 is 17.1 Å². The minimum Gasteiger partial charge on any atom is -0.674 e. The smallest absolute Gasteiger partial charge is 0.674 e. The third-order valence-electron chi connectivity index (χ3n) is 14.6. The van der Waals surface area contributed by atoms with E-state index in [1.165, 1.54) is 96.3 Å². The van der Waals surface area contributed by atoms with Crippen molar-refractivity contribution in [3.8, 4) is 0 Å². The fraction of sp³-hybridized carbons (Fsp3) is 0.821. The second-order valence-electron chi connectivity index (χ2n) is 17.1. The first-order chi connectivity index (χ1) is 23.7. The van der Waals surface area contributed by atoms with Crippen LogP contribution in [0.3, 0.4) is 0 Å². The number of fused-ring (bicyclic) bond motifs is 20. The molecule has 1 radical (unpaired) electrons. The van der Waals surface area contributed by atoms with Crippen molar-refractivity contribution in [1.29, 1.82) is 0 Å². The van der Waals surface area contributed by atoms with E-state index in [9.17, 15) is 0 Å². The van der Waals surface area contributed by atoms with Crippen LogP contribution in [0, 0.1) is 53.8 Å². The molecule has 9 fully saturated rings. The normalized spacial score (nSPS) is 48.5. The summed E-state index contributed by atoms with van der Waals surface area (Å²) in [6, 6.07) is 9.76. The first kappa shape index (κ1) is 35.4. The van der Waals surface area contributed by atoms with Gasteiger partial charge in [-0.2, -0.15) is 6.42 Å². The van der Waals surface area contributed by atoms with E-state index < -0.39 is 0 Å². The molecule has 49 heavy (non-hydrogen) atoms. The maximum absolute atomic E-state index is 6.94. The average Bonchev–Trinajstić information content (AvgIpc) is 3.88. The third-order valence-corrected chi connectivity index (χ3v) is 14.6. The van der Waals surface area contributed by atoms with E-state index in [0.717, 1.165) is 41.1 Å². The first-order valence-corrected chi connectivity index (χ1v) is 20.3. The SMILES string of the molecule is [CH-]1CCCC2C3NC(NC4NC(NC5NC(NC6NC(N3)C3CCCCC63)C3CCCCC53)C3CCCCC43)C12.[Cu+2].[NH-]Cc1ccccc1. The summed E-state index contributed by atoms with van der Waals surface area (Å²) in [4.78, 5) is 0. The molecule has 5 aliphatic heterocycles. The molecular weight excluding hydrogens is 658 g/mol. The van der Waals surface area contributed by atoms with Crippen molar-refractivity contribution in [1.82, 2.24) is 42.5 Å². The van der Waals surface area contributed by atoms with Crippen LogP contribution in [-0.4, -0.2) is 49.3 Å². The van der Waals surface area contributed by atoms with Gasteiger partial charge in [0.1, 0.15) is 0 Å². The molecule has 10 heteroatoms. The van der Waals surface area contributed by atoms with Crippen LogP contribution >= 0.6 is 0 Å². The van der Waals surface area contributed by atoms with Crippen LogP contribution < -0.4 is 42.5 Å². The second-order valence-corrected chi connectivity index (χ2v) is 17.1. The summed E-state index contributed by atoms with van der Waals surface area (Å²) in [7, 11) is 0. The molecule has 1 aromatic carbocycles. The molecule has 275 valence electrons. The minimum atomic E-state index is 0. The molecule has 10 rings (SSSR count). The largest absolute Gasteiger partial charge is 2.00 e. The van der Waals surface area contributed by atoms with E-state index >= 15 is 0 Å². The monoisotopic (exact) mass is 720 g/mol. The van der Waals surface area contributed by atoms with Gasteiger partial charge in [-0.05, 0) is 80.0 Å². The van der Waals surface area contributed by atoms with Crippen LogP contribution in [0.4, 0.5) is 0 Å². The Bertz CT molecular complexity index is 1000. The van der Waals surface area contributed by atoms with Gasteiger partial charge in [0, 0.05) is 6.17 Å². The van der Waals surface area contributed by atoms with Crippen LogP contribution in [-0.2, 0) is 23.6 Å². The predicted molar refractivity (Wildman–Crippen MR) is 191 cm³/mol. The quantitative estimate of drug-likeness (QED) is 0.156. The van der Waals surface area contributed by atoms with Gasteiger partial charge in [0.05, 0.1) is 43.2 Å². The van der Waals surface area contributed by atoms with Gasteiger partial charge in [-0.1, -0.05) is 87.3 Å². The van der Waals surface area contributed by atoms with E-state index in [2.05, 4.69) is 49.0 Å². The van der Waals surface area contributed by atoms with Gasteiger partial charge in [-0.3, -0.25) is 42.5 Å². The predicted octanol–water partition coefficient (Wildman–Crippen LogP) is 4.66. The van der Waals surface area contributed by atoms with Crippen molar-refractivity contribution >= 4 is 0 Å². The summed E-state index contributed by atoms with van der Waals surface area (Å²) in [6.07, 6.45) is 26.4. The average molecular weight is 722 g/mol. The molecule has 1 aromatic rings. The Hall–Kier alpha value is -0.621. The number of rotatable bonds is 1. The van der Waals surface area contributed by atoms with E-state index in [-0.39, 0.29) is 17.1 Å². The Balaban J connectivity index is 0.000000344. The van der Waals surface area contributed by atoms with Crippen LogP contribution in [0.15, 0.2) is 30.3 Å². The molecule has 4 aliphatic carbocycles. The van der Waals surface area contributed by atoms with Gasteiger partial charge in [0.25, 0.3) is 0 Å². The fourth-order valence-corrected chi connectivity index (χ4v) is 12.3. The molecule has 0 amide bonds. The Kier molecular flexibility index (Phi) is 11.4. The topological polar surface area (TPSA) is 120 Å². The molecule has 9 N–H and O–H groups in total. The van der Waals surface area contributed by atoms with Crippen molar-refractivity contribution in [3.63, 3.8) is 0 Å². The van der Waals surface area contributed by atoms with Crippen LogP contribution in [0.2, 0.25) is 0 Å². The van der Waals surface area contributed by atoms with Crippen molar-refractivity contribution in [2.45, 2.75) is 152 Å². The summed E-state index contributed by atoms with van der Waals surface area (Å²) >= 11 is 0.